The second-order valence-corrected chi connectivity index (χ2v) is 6.49. The molecule has 1 aliphatic carbocycles. The maximum absolute atomic E-state index is 12.1. The van der Waals surface area contributed by atoms with Crippen LogP contribution in [0.25, 0.3) is 5.69 Å². The standard InChI is InChI=1S/C18H25N5O2/c1-3-13-19-18(11-7-4-8-12-18)17-20-21-22-23(17)15-10-6-5-9-14(15)16(24)25-2/h5-6,9-10,19H,3-4,7-8,11-13H2,1-2H3. The Morgan fingerprint density at radius 1 is 1.28 bits per heavy atom. The molecular formula is C18H25N5O2. The Kier molecular flexibility index (Phi) is 5.43. The van der Waals surface area contributed by atoms with Gasteiger partial charge >= 0.3 is 5.97 Å². The van der Waals surface area contributed by atoms with Crippen molar-refractivity contribution in [2.45, 2.75) is 51.0 Å². The zero-order valence-electron chi connectivity index (χ0n) is 14.9. The lowest BCUT2D eigenvalue weighted by molar-refractivity contribution is 0.0600. The van der Waals surface area contributed by atoms with Crippen molar-refractivity contribution in [2.75, 3.05) is 13.7 Å². The first kappa shape index (κ1) is 17.5. The largest absolute Gasteiger partial charge is 0.465 e. The van der Waals surface area contributed by atoms with Crippen molar-refractivity contribution < 1.29 is 9.53 Å². The number of nitrogens with one attached hydrogen (secondary N) is 1. The normalized spacial score (nSPS) is 16.6. The predicted octanol–water partition coefficient (Wildman–Crippen LogP) is 2.61. The maximum Gasteiger partial charge on any atom is 0.340 e. The Morgan fingerprint density at radius 3 is 2.76 bits per heavy atom. The molecule has 0 bridgehead atoms. The summed E-state index contributed by atoms with van der Waals surface area (Å²) in [6.07, 6.45) is 6.55. The number of hydrogen-bond donors (Lipinski definition) is 1. The molecule has 1 aromatic carbocycles. The van der Waals surface area contributed by atoms with E-state index in [4.69, 9.17) is 4.74 Å². The molecule has 1 aliphatic rings. The van der Waals surface area contributed by atoms with Crippen molar-refractivity contribution in [1.82, 2.24) is 25.5 Å². The smallest absolute Gasteiger partial charge is 0.340 e. The Bertz CT molecular complexity index is 722. The zero-order valence-corrected chi connectivity index (χ0v) is 14.9. The molecule has 1 N–H and O–H groups in total. The van der Waals surface area contributed by atoms with E-state index in [0.29, 0.717) is 11.3 Å². The molecule has 0 unspecified atom stereocenters. The first-order valence-corrected chi connectivity index (χ1v) is 8.93. The molecule has 1 saturated carbocycles. The number of tetrazole rings is 1. The summed E-state index contributed by atoms with van der Waals surface area (Å²) in [5.41, 5.74) is 0.860. The Hall–Kier alpha value is -2.28. The first-order chi connectivity index (χ1) is 12.2. The predicted molar refractivity (Wildman–Crippen MR) is 93.6 cm³/mol. The number of benzene rings is 1. The molecule has 0 spiro atoms. The van der Waals surface area contributed by atoms with Gasteiger partial charge in [-0.1, -0.05) is 38.3 Å². The quantitative estimate of drug-likeness (QED) is 0.812. The third-order valence-corrected chi connectivity index (χ3v) is 4.86. The molecule has 134 valence electrons. The van der Waals surface area contributed by atoms with Crippen LogP contribution < -0.4 is 5.32 Å². The van der Waals surface area contributed by atoms with Crippen molar-refractivity contribution in [1.29, 1.82) is 0 Å². The van der Waals surface area contributed by atoms with Gasteiger partial charge in [0.2, 0.25) is 0 Å². The molecular weight excluding hydrogens is 318 g/mol. The van der Waals surface area contributed by atoms with Gasteiger partial charge in [-0.2, -0.15) is 4.68 Å². The van der Waals surface area contributed by atoms with Crippen molar-refractivity contribution in [2.24, 2.45) is 0 Å². The minimum absolute atomic E-state index is 0.249. The SMILES string of the molecule is CCCNC1(c2nnnn2-c2ccccc2C(=O)OC)CCCCC1. The Morgan fingerprint density at radius 2 is 2.04 bits per heavy atom. The maximum atomic E-state index is 12.1. The topological polar surface area (TPSA) is 81.9 Å². The number of para-hydroxylation sites is 1. The van der Waals surface area contributed by atoms with Crippen LogP contribution in [0.15, 0.2) is 24.3 Å². The summed E-state index contributed by atoms with van der Waals surface area (Å²) in [5.74, 6) is 0.383. The number of nitrogens with zero attached hydrogens (tertiary/aromatic N) is 4. The van der Waals surface area contributed by atoms with Crippen LogP contribution in [-0.4, -0.2) is 39.8 Å². The molecule has 1 heterocycles. The summed E-state index contributed by atoms with van der Waals surface area (Å²) in [5, 5.41) is 16.2. The second kappa shape index (κ2) is 7.74. The Labute approximate surface area is 147 Å². The molecule has 0 aliphatic heterocycles. The van der Waals surface area contributed by atoms with E-state index in [9.17, 15) is 4.79 Å². The third-order valence-electron chi connectivity index (χ3n) is 4.86. The van der Waals surface area contributed by atoms with Gasteiger partial charge in [-0.3, -0.25) is 0 Å². The summed E-state index contributed by atoms with van der Waals surface area (Å²) in [6.45, 7) is 3.06. The van der Waals surface area contributed by atoms with E-state index in [1.165, 1.54) is 13.5 Å². The van der Waals surface area contributed by atoms with Crippen molar-refractivity contribution in [3.05, 3.63) is 35.7 Å². The summed E-state index contributed by atoms with van der Waals surface area (Å²) in [6, 6.07) is 7.27. The van der Waals surface area contributed by atoms with E-state index in [2.05, 4.69) is 27.8 Å². The molecule has 1 fully saturated rings. The summed E-state index contributed by atoms with van der Waals surface area (Å²) < 4.78 is 6.61. The molecule has 1 aromatic heterocycles. The van der Waals surface area contributed by atoms with E-state index < -0.39 is 5.97 Å². The number of ether oxygens (including phenoxy) is 1. The van der Waals surface area contributed by atoms with Gasteiger partial charge in [-0.25, -0.2) is 4.79 Å². The van der Waals surface area contributed by atoms with Crippen molar-refractivity contribution in [3.63, 3.8) is 0 Å². The molecule has 7 heteroatoms. The van der Waals surface area contributed by atoms with Crippen LogP contribution in [0.1, 0.15) is 61.6 Å². The molecule has 0 saturated heterocycles. The van der Waals surface area contributed by atoms with E-state index in [0.717, 1.165) is 44.5 Å². The summed E-state index contributed by atoms with van der Waals surface area (Å²) in [7, 11) is 1.38. The minimum atomic E-state index is -0.392. The van der Waals surface area contributed by atoms with E-state index in [-0.39, 0.29) is 5.54 Å². The first-order valence-electron chi connectivity index (χ1n) is 8.93. The minimum Gasteiger partial charge on any atom is -0.465 e. The van der Waals surface area contributed by atoms with Gasteiger partial charge in [0.25, 0.3) is 0 Å². The fourth-order valence-electron chi connectivity index (χ4n) is 3.59. The zero-order chi connectivity index (χ0) is 17.7. The van der Waals surface area contributed by atoms with Crippen LogP contribution in [0.2, 0.25) is 0 Å². The molecule has 3 rings (SSSR count). The lowest BCUT2D eigenvalue weighted by atomic mass is 9.80. The van der Waals surface area contributed by atoms with Gasteiger partial charge in [0.05, 0.1) is 23.9 Å². The summed E-state index contributed by atoms with van der Waals surface area (Å²) >= 11 is 0. The average molecular weight is 343 g/mol. The highest BCUT2D eigenvalue weighted by atomic mass is 16.5. The van der Waals surface area contributed by atoms with Gasteiger partial charge in [0.15, 0.2) is 5.82 Å². The Balaban J connectivity index is 2.07. The van der Waals surface area contributed by atoms with Gasteiger partial charge in [0, 0.05) is 0 Å². The number of esters is 1. The van der Waals surface area contributed by atoms with Crippen molar-refractivity contribution in [3.8, 4) is 5.69 Å². The molecule has 2 aromatic rings. The van der Waals surface area contributed by atoms with E-state index in [1.54, 1.807) is 10.7 Å². The lowest BCUT2D eigenvalue weighted by Crippen LogP contribution is -2.46. The number of carbonyl (C=O) groups is 1. The van der Waals surface area contributed by atoms with E-state index in [1.807, 2.05) is 18.2 Å². The van der Waals surface area contributed by atoms with E-state index >= 15 is 0 Å². The number of methoxy groups -OCH3 is 1. The average Bonchev–Trinajstić information content (AvgIpc) is 3.17. The molecule has 0 atom stereocenters. The lowest BCUT2D eigenvalue weighted by Gasteiger charge is -2.37. The van der Waals surface area contributed by atoms with Gasteiger partial charge in [-0.15, -0.1) is 5.10 Å². The van der Waals surface area contributed by atoms with Crippen LogP contribution in [0, 0.1) is 0 Å². The van der Waals surface area contributed by atoms with Crippen molar-refractivity contribution >= 4 is 5.97 Å². The number of rotatable bonds is 6. The fourth-order valence-corrected chi connectivity index (χ4v) is 3.59. The fraction of sp³-hybridized carbons (Fsp3) is 0.556. The van der Waals surface area contributed by atoms with Gasteiger partial charge < -0.3 is 10.1 Å². The number of aromatic nitrogens is 4. The van der Waals surface area contributed by atoms with Crippen LogP contribution in [-0.2, 0) is 10.3 Å². The molecule has 7 nitrogen and oxygen atoms in total. The molecule has 0 radical (unpaired) electrons. The van der Waals surface area contributed by atoms with Gasteiger partial charge in [0.1, 0.15) is 0 Å². The monoisotopic (exact) mass is 343 g/mol. The highest BCUT2D eigenvalue weighted by molar-refractivity contribution is 5.93. The van der Waals surface area contributed by atoms with Crippen LogP contribution in [0.3, 0.4) is 0 Å². The van der Waals surface area contributed by atoms with Crippen LogP contribution >= 0.6 is 0 Å². The second-order valence-electron chi connectivity index (χ2n) is 6.49. The number of hydrogen-bond acceptors (Lipinski definition) is 6. The highest BCUT2D eigenvalue weighted by Gasteiger charge is 2.39. The molecule has 25 heavy (non-hydrogen) atoms. The van der Waals surface area contributed by atoms with Crippen LogP contribution in [0.4, 0.5) is 0 Å². The third kappa shape index (κ3) is 3.42. The molecule has 0 amide bonds. The highest BCUT2D eigenvalue weighted by Crippen LogP contribution is 2.36. The summed E-state index contributed by atoms with van der Waals surface area (Å²) in [4.78, 5) is 12.1. The van der Waals surface area contributed by atoms with Gasteiger partial charge in [-0.05, 0) is 48.4 Å². The number of carbonyl (C=O) groups excluding carboxylic acids is 1. The van der Waals surface area contributed by atoms with Crippen LogP contribution in [0.5, 0.6) is 0 Å².